The zero-order valence-electron chi connectivity index (χ0n) is 15.8. The molecule has 0 aromatic heterocycles. The minimum atomic E-state index is -0.530. The Balaban J connectivity index is 1.56. The van der Waals surface area contributed by atoms with Gasteiger partial charge >= 0.3 is 6.03 Å². The minimum Gasteiger partial charge on any atom is -0.343 e. The molecule has 0 aliphatic carbocycles. The molecule has 4 amide bonds. The van der Waals surface area contributed by atoms with Crippen molar-refractivity contribution in [1.29, 1.82) is 0 Å². The molecule has 1 aromatic carbocycles. The number of piperazine rings is 1. The van der Waals surface area contributed by atoms with Gasteiger partial charge in [-0.1, -0.05) is 17.7 Å². The lowest BCUT2D eigenvalue weighted by Crippen LogP contribution is -2.61. The van der Waals surface area contributed by atoms with Crippen LogP contribution in [0.5, 0.6) is 0 Å². The van der Waals surface area contributed by atoms with Gasteiger partial charge in [0, 0.05) is 17.3 Å². The minimum absolute atomic E-state index is 0.0864. The van der Waals surface area contributed by atoms with E-state index in [1.54, 1.807) is 17.0 Å². The highest BCUT2D eigenvalue weighted by atomic mass is 35.5. The molecule has 2 saturated heterocycles. The highest BCUT2D eigenvalue weighted by molar-refractivity contribution is 6.31. The van der Waals surface area contributed by atoms with E-state index < -0.39 is 18.1 Å². The fraction of sp³-hybridized carbons (Fsp3) is 0.526. The molecule has 9 heteroatoms. The molecule has 0 unspecified atom stereocenters. The molecule has 8 nitrogen and oxygen atoms in total. The second kappa shape index (κ2) is 8.79. The Labute approximate surface area is 169 Å². The summed E-state index contributed by atoms with van der Waals surface area (Å²) in [6.45, 7) is 2.77. The molecule has 0 spiro atoms. The normalized spacial score (nSPS) is 24.0. The number of unbranched alkanes of at least 4 members (excludes halogenated alkanes) is 1. The van der Waals surface area contributed by atoms with E-state index in [1.807, 2.05) is 13.0 Å². The smallest absolute Gasteiger partial charge is 0.319 e. The maximum atomic E-state index is 12.7. The SMILES string of the molecule is Cc1ccc(NC(=O)N[C@H]2C[C@H]3C(=O)N[C@@H](CCCCN)C(=O)N3C2)cc1Cl. The van der Waals surface area contributed by atoms with E-state index in [9.17, 15) is 14.4 Å². The van der Waals surface area contributed by atoms with Gasteiger partial charge in [0.05, 0.1) is 6.04 Å². The van der Waals surface area contributed by atoms with Crippen molar-refractivity contribution in [3.05, 3.63) is 28.8 Å². The fourth-order valence-electron chi connectivity index (χ4n) is 3.67. The number of carbonyl (C=O) groups excluding carboxylic acids is 3. The number of hydrogen-bond donors (Lipinski definition) is 4. The highest BCUT2D eigenvalue weighted by Crippen LogP contribution is 2.25. The van der Waals surface area contributed by atoms with Gasteiger partial charge in [0.1, 0.15) is 12.1 Å². The van der Waals surface area contributed by atoms with Crippen molar-refractivity contribution in [2.75, 3.05) is 18.4 Å². The average Bonchev–Trinajstić information content (AvgIpc) is 3.07. The molecule has 2 aliphatic heterocycles. The van der Waals surface area contributed by atoms with E-state index in [4.69, 9.17) is 17.3 Å². The third kappa shape index (κ3) is 4.56. The van der Waals surface area contributed by atoms with Crippen LogP contribution in [-0.4, -0.2) is 54.0 Å². The number of aryl methyl sites for hydroxylation is 1. The third-order valence-electron chi connectivity index (χ3n) is 5.21. The van der Waals surface area contributed by atoms with E-state index in [0.717, 1.165) is 18.4 Å². The van der Waals surface area contributed by atoms with Crippen molar-refractivity contribution < 1.29 is 14.4 Å². The number of hydrogen-bond acceptors (Lipinski definition) is 4. The monoisotopic (exact) mass is 407 g/mol. The molecule has 1 aromatic rings. The second-order valence-electron chi connectivity index (χ2n) is 7.35. The number of carbonyl (C=O) groups is 3. The molecule has 2 heterocycles. The Morgan fingerprint density at radius 2 is 2.14 bits per heavy atom. The summed E-state index contributed by atoms with van der Waals surface area (Å²) >= 11 is 6.07. The van der Waals surface area contributed by atoms with Crippen LogP contribution in [0.2, 0.25) is 5.02 Å². The number of halogens is 1. The van der Waals surface area contributed by atoms with Crippen molar-refractivity contribution in [1.82, 2.24) is 15.5 Å². The van der Waals surface area contributed by atoms with E-state index in [-0.39, 0.29) is 17.9 Å². The van der Waals surface area contributed by atoms with Crippen LogP contribution in [0, 0.1) is 6.92 Å². The van der Waals surface area contributed by atoms with Crippen LogP contribution in [0.4, 0.5) is 10.5 Å². The summed E-state index contributed by atoms with van der Waals surface area (Å²) in [5.74, 6) is -0.246. The topological polar surface area (TPSA) is 117 Å². The van der Waals surface area contributed by atoms with Gasteiger partial charge in [-0.15, -0.1) is 0 Å². The van der Waals surface area contributed by atoms with Crippen LogP contribution >= 0.6 is 11.6 Å². The molecule has 5 N–H and O–H groups in total. The Morgan fingerprint density at radius 3 is 2.86 bits per heavy atom. The van der Waals surface area contributed by atoms with Crippen LogP contribution in [0.15, 0.2) is 18.2 Å². The standard InChI is InChI=1S/C19H26ClN5O3/c1-11-5-6-12(8-14(11)20)22-19(28)23-13-9-16-17(26)24-15(4-2-3-7-21)18(27)25(16)10-13/h5-6,8,13,15-16H,2-4,7,9-10,21H2,1H3,(H,24,26)(H2,22,23,28)/t13-,15-,16-/m0/s1. The quantitative estimate of drug-likeness (QED) is 0.533. The van der Waals surface area contributed by atoms with Gasteiger partial charge in [-0.05, 0) is 56.8 Å². The van der Waals surface area contributed by atoms with E-state index >= 15 is 0 Å². The van der Waals surface area contributed by atoms with E-state index in [0.29, 0.717) is 36.6 Å². The lowest BCUT2D eigenvalue weighted by atomic mass is 10.0. The average molecular weight is 408 g/mol. The molecule has 0 radical (unpaired) electrons. The molecular weight excluding hydrogens is 382 g/mol. The fourth-order valence-corrected chi connectivity index (χ4v) is 3.85. The molecule has 0 bridgehead atoms. The largest absolute Gasteiger partial charge is 0.343 e. The maximum Gasteiger partial charge on any atom is 0.319 e. The van der Waals surface area contributed by atoms with Crippen LogP contribution in [-0.2, 0) is 9.59 Å². The first kappa shape index (κ1) is 20.4. The van der Waals surface area contributed by atoms with Gasteiger partial charge in [-0.2, -0.15) is 0 Å². The van der Waals surface area contributed by atoms with Crippen molar-refractivity contribution in [3.63, 3.8) is 0 Å². The zero-order valence-corrected chi connectivity index (χ0v) is 16.6. The molecule has 28 heavy (non-hydrogen) atoms. The number of nitrogens with one attached hydrogen (secondary N) is 3. The second-order valence-corrected chi connectivity index (χ2v) is 7.75. The van der Waals surface area contributed by atoms with Crippen LogP contribution in [0.25, 0.3) is 0 Å². The first-order valence-corrected chi connectivity index (χ1v) is 9.91. The molecule has 0 saturated carbocycles. The maximum absolute atomic E-state index is 12.7. The van der Waals surface area contributed by atoms with Crippen molar-refractivity contribution in [3.8, 4) is 0 Å². The van der Waals surface area contributed by atoms with Gasteiger partial charge in [0.25, 0.3) is 0 Å². The lowest BCUT2D eigenvalue weighted by molar-refractivity contribution is -0.147. The van der Waals surface area contributed by atoms with Crippen LogP contribution in [0.1, 0.15) is 31.2 Å². The Kier molecular flexibility index (Phi) is 6.41. The number of fused-ring (bicyclic) bond motifs is 1. The Bertz CT molecular complexity index is 772. The lowest BCUT2D eigenvalue weighted by Gasteiger charge is -2.34. The molecule has 152 valence electrons. The number of nitrogens with zero attached hydrogens (tertiary/aromatic N) is 1. The van der Waals surface area contributed by atoms with Crippen LogP contribution in [0.3, 0.4) is 0 Å². The van der Waals surface area contributed by atoms with Crippen LogP contribution < -0.4 is 21.7 Å². The number of anilines is 1. The Hall–Kier alpha value is -2.32. The zero-order chi connectivity index (χ0) is 20.3. The van der Waals surface area contributed by atoms with E-state index in [2.05, 4.69) is 16.0 Å². The summed E-state index contributed by atoms with van der Waals surface area (Å²) in [6.07, 6.45) is 2.58. The van der Waals surface area contributed by atoms with Gasteiger partial charge in [-0.25, -0.2) is 4.79 Å². The number of urea groups is 1. The molecular formula is C19H26ClN5O3. The van der Waals surface area contributed by atoms with Crippen molar-refractivity contribution >= 4 is 35.1 Å². The Morgan fingerprint density at radius 1 is 1.36 bits per heavy atom. The van der Waals surface area contributed by atoms with Gasteiger partial charge in [0.2, 0.25) is 11.8 Å². The number of amides is 4. The summed E-state index contributed by atoms with van der Waals surface area (Å²) < 4.78 is 0. The molecule has 2 fully saturated rings. The summed E-state index contributed by atoms with van der Waals surface area (Å²) in [7, 11) is 0. The number of nitrogens with two attached hydrogens (primary N) is 1. The molecule has 3 atom stereocenters. The summed E-state index contributed by atoms with van der Waals surface area (Å²) in [5.41, 5.74) is 6.99. The number of rotatable bonds is 6. The predicted molar refractivity (Wildman–Crippen MR) is 107 cm³/mol. The third-order valence-corrected chi connectivity index (χ3v) is 5.62. The van der Waals surface area contributed by atoms with E-state index in [1.165, 1.54) is 0 Å². The molecule has 3 rings (SSSR count). The predicted octanol–water partition coefficient (Wildman–Crippen LogP) is 1.37. The summed E-state index contributed by atoms with van der Waals surface area (Å²) in [4.78, 5) is 38.9. The van der Waals surface area contributed by atoms with Gasteiger partial charge in [-0.3, -0.25) is 9.59 Å². The van der Waals surface area contributed by atoms with Crippen molar-refractivity contribution in [2.24, 2.45) is 5.73 Å². The first-order chi connectivity index (χ1) is 13.4. The first-order valence-electron chi connectivity index (χ1n) is 9.53. The van der Waals surface area contributed by atoms with Gasteiger partial charge in [0.15, 0.2) is 0 Å². The number of benzene rings is 1. The summed E-state index contributed by atoms with van der Waals surface area (Å²) in [5, 5.41) is 8.95. The highest BCUT2D eigenvalue weighted by Gasteiger charge is 2.46. The van der Waals surface area contributed by atoms with Crippen molar-refractivity contribution in [2.45, 2.75) is 50.7 Å². The van der Waals surface area contributed by atoms with Gasteiger partial charge < -0.3 is 26.6 Å². The summed E-state index contributed by atoms with van der Waals surface area (Å²) in [6, 6.07) is 3.55. The molecule has 2 aliphatic rings.